The third-order valence-electron chi connectivity index (χ3n) is 3.95. The van der Waals surface area contributed by atoms with E-state index in [1.807, 2.05) is 0 Å². The number of likely N-dealkylation sites (N-methyl/N-ethyl adjacent to an activating group) is 1. The molecule has 1 heterocycles. The van der Waals surface area contributed by atoms with Crippen LogP contribution in [0.1, 0.15) is 38.5 Å². The van der Waals surface area contributed by atoms with Crippen LogP contribution < -0.4 is 0 Å². The van der Waals surface area contributed by atoms with Crippen molar-refractivity contribution >= 4 is 0 Å². The summed E-state index contributed by atoms with van der Waals surface area (Å²) in [4.78, 5) is 2.26. The van der Waals surface area contributed by atoms with Gasteiger partial charge in [0.25, 0.3) is 0 Å². The van der Waals surface area contributed by atoms with Gasteiger partial charge < -0.3 is 10.0 Å². The number of likely N-dealkylation sites (tertiary alicyclic amines) is 1. The molecule has 1 aliphatic carbocycles. The quantitative estimate of drug-likeness (QED) is 0.730. The van der Waals surface area contributed by atoms with Crippen molar-refractivity contribution in [1.29, 1.82) is 0 Å². The second-order valence-electron chi connectivity index (χ2n) is 5.29. The third-order valence-corrected chi connectivity index (χ3v) is 3.95. The Hall–Kier alpha value is -0.0800. The molecule has 2 heteroatoms. The summed E-state index contributed by atoms with van der Waals surface area (Å²) in [6, 6.07) is 0. The van der Waals surface area contributed by atoms with Crippen molar-refractivity contribution in [3.05, 3.63) is 0 Å². The van der Waals surface area contributed by atoms with E-state index in [0.29, 0.717) is 5.92 Å². The number of hydrogen-bond acceptors (Lipinski definition) is 2. The molecule has 2 aliphatic rings. The maximum atomic E-state index is 9.85. The van der Waals surface area contributed by atoms with E-state index >= 15 is 0 Å². The van der Waals surface area contributed by atoms with Crippen molar-refractivity contribution in [2.45, 2.75) is 44.6 Å². The summed E-state index contributed by atoms with van der Waals surface area (Å²) in [5, 5.41) is 9.85. The van der Waals surface area contributed by atoms with Gasteiger partial charge in [0.2, 0.25) is 0 Å². The van der Waals surface area contributed by atoms with E-state index in [2.05, 4.69) is 11.9 Å². The Morgan fingerprint density at radius 1 is 1.14 bits per heavy atom. The van der Waals surface area contributed by atoms with Crippen LogP contribution in [0, 0.1) is 11.8 Å². The molecule has 14 heavy (non-hydrogen) atoms. The highest BCUT2D eigenvalue weighted by atomic mass is 16.3. The van der Waals surface area contributed by atoms with Gasteiger partial charge in [0, 0.05) is 13.1 Å². The van der Waals surface area contributed by atoms with E-state index in [1.165, 1.54) is 38.5 Å². The van der Waals surface area contributed by atoms with Gasteiger partial charge in [0.15, 0.2) is 0 Å². The van der Waals surface area contributed by atoms with Crippen LogP contribution in [-0.4, -0.2) is 36.2 Å². The molecule has 1 saturated heterocycles. The number of aliphatic hydroxyl groups excluding tert-OH is 1. The van der Waals surface area contributed by atoms with Crippen LogP contribution >= 0.6 is 0 Å². The van der Waals surface area contributed by atoms with Crippen LogP contribution in [0.2, 0.25) is 0 Å². The fourth-order valence-electron chi connectivity index (χ4n) is 3.15. The Morgan fingerprint density at radius 2 is 1.86 bits per heavy atom. The Balaban J connectivity index is 1.78. The molecule has 1 saturated carbocycles. The topological polar surface area (TPSA) is 23.5 Å². The highest BCUT2D eigenvalue weighted by Gasteiger charge is 2.31. The SMILES string of the molecule is CN1CC(O)C(CC2CCCCC2)C1. The van der Waals surface area contributed by atoms with Crippen LogP contribution in [0.25, 0.3) is 0 Å². The molecule has 0 radical (unpaired) electrons. The van der Waals surface area contributed by atoms with Crippen molar-refractivity contribution in [2.24, 2.45) is 11.8 Å². The van der Waals surface area contributed by atoms with Gasteiger partial charge in [-0.1, -0.05) is 32.1 Å². The fourth-order valence-corrected chi connectivity index (χ4v) is 3.15. The van der Waals surface area contributed by atoms with E-state index in [-0.39, 0.29) is 6.10 Å². The average Bonchev–Trinajstić information content (AvgIpc) is 2.47. The second kappa shape index (κ2) is 4.63. The van der Waals surface area contributed by atoms with Gasteiger partial charge >= 0.3 is 0 Å². The van der Waals surface area contributed by atoms with Gasteiger partial charge in [-0.15, -0.1) is 0 Å². The van der Waals surface area contributed by atoms with E-state index < -0.39 is 0 Å². The number of rotatable bonds is 2. The predicted octanol–water partition coefficient (Wildman–Crippen LogP) is 1.88. The van der Waals surface area contributed by atoms with Crippen LogP contribution in [0.5, 0.6) is 0 Å². The standard InChI is InChI=1S/C12H23NO/c1-13-8-11(12(14)9-13)7-10-5-3-2-4-6-10/h10-12,14H,2-9H2,1H3. The minimum atomic E-state index is -0.0538. The first-order chi connectivity index (χ1) is 6.75. The number of β-amino-alcohol motifs (C(OH)–C–C–N with tert-alkyl or cyclic N) is 1. The van der Waals surface area contributed by atoms with Gasteiger partial charge in [-0.25, -0.2) is 0 Å². The molecule has 1 aliphatic heterocycles. The molecule has 0 spiro atoms. The molecule has 0 aromatic carbocycles. The summed E-state index contributed by atoms with van der Waals surface area (Å²) in [6.45, 7) is 2.00. The largest absolute Gasteiger partial charge is 0.391 e. The van der Waals surface area contributed by atoms with Crippen molar-refractivity contribution in [1.82, 2.24) is 4.90 Å². The first-order valence-electron chi connectivity index (χ1n) is 6.12. The van der Waals surface area contributed by atoms with Crippen molar-refractivity contribution in [3.8, 4) is 0 Å². The number of nitrogens with zero attached hydrogens (tertiary/aromatic N) is 1. The summed E-state index contributed by atoms with van der Waals surface area (Å²) in [5.74, 6) is 1.47. The lowest BCUT2D eigenvalue weighted by Crippen LogP contribution is -2.22. The number of hydrogen-bond donors (Lipinski definition) is 1. The Kier molecular flexibility index (Phi) is 3.45. The second-order valence-corrected chi connectivity index (χ2v) is 5.29. The molecular weight excluding hydrogens is 174 g/mol. The van der Waals surface area contributed by atoms with Gasteiger partial charge in [0.1, 0.15) is 0 Å². The van der Waals surface area contributed by atoms with Gasteiger partial charge in [-0.3, -0.25) is 0 Å². The van der Waals surface area contributed by atoms with Crippen molar-refractivity contribution in [3.63, 3.8) is 0 Å². The molecule has 2 fully saturated rings. The first-order valence-corrected chi connectivity index (χ1v) is 6.12. The van der Waals surface area contributed by atoms with E-state index in [9.17, 15) is 5.11 Å². The Labute approximate surface area is 87.3 Å². The Bertz CT molecular complexity index is 177. The molecule has 2 rings (SSSR count). The van der Waals surface area contributed by atoms with Crippen LogP contribution in [-0.2, 0) is 0 Å². The maximum absolute atomic E-state index is 9.85. The fraction of sp³-hybridized carbons (Fsp3) is 1.00. The van der Waals surface area contributed by atoms with Crippen LogP contribution in [0.3, 0.4) is 0 Å². The highest BCUT2D eigenvalue weighted by molar-refractivity contribution is 4.84. The minimum absolute atomic E-state index is 0.0538. The predicted molar refractivity (Wildman–Crippen MR) is 58.2 cm³/mol. The van der Waals surface area contributed by atoms with Gasteiger partial charge in [0.05, 0.1) is 6.10 Å². The summed E-state index contributed by atoms with van der Waals surface area (Å²) < 4.78 is 0. The third kappa shape index (κ3) is 2.48. The molecule has 0 aromatic heterocycles. The molecule has 82 valence electrons. The lowest BCUT2D eigenvalue weighted by atomic mass is 9.82. The molecular formula is C12H23NO. The summed E-state index contributed by atoms with van der Waals surface area (Å²) in [5.41, 5.74) is 0. The van der Waals surface area contributed by atoms with E-state index in [4.69, 9.17) is 0 Å². The van der Waals surface area contributed by atoms with E-state index in [1.54, 1.807) is 0 Å². The molecule has 0 aromatic rings. The normalized spacial score (nSPS) is 36.4. The zero-order valence-electron chi connectivity index (χ0n) is 9.28. The van der Waals surface area contributed by atoms with E-state index in [0.717, 1.165) is 19.0 Å². The zero-order chi connectivity index (χ0) is 9.97. The highest BCUT2D eigenvalue weighted by Crippen LogP contribution is 2.32. The zero-order valence-corrected chi connectivity index (χ0v) is 9.28. The van der Waals surface area contributed by atoms with Gasteiger partial charge in [-0.2, -0.15) is 0 Å². The molecule has 2 atom stereocenters. The molecule has 1 N–H and O–H groups in total. The van der Waals surface area contributed by atoms with Gasteiger partial charge in [-0.05, 0) is 25.3 Å². The number of aliphatic hydroxyl groups is 1. The minimum Gasteiger partial charge on any atom is -0.391 e. The average molecular weight is 197 g/mol. The smallest absolute Gasteiger partial charge is 0.0707 e. The first kappa shape index (κ1) is 10.4. The lowest BCUT2D eigenvalue weighted by molar-refractivity contribution is 0.124. The maximum Gasteiger partial charge on any atom is 0.0707 e. The molecule has 0 bridgehead atoms. The Morgan fingerprint density at radius 3 is 2.43 bits per heavy atom. The van der Waals surface area contributed by atoms with Crippen molar-refractivity contribution < 1.29 is 5.11 Å². The molecule has 2 nitrogen and oxygen atoms in total. The monoisotopic (exact) mass is 197 g/mol. The lowest BCUT2D eigenvalue weighted by Gasteiger charge is -2.25. The molecule has 2 unspecified atom stereocenters. The van der Waals surface area contributed by atoms with Crippen LogP contribution in [0.15, 0.2) is 0 Å². The summed E-state index contributed by atoms with van der Waals surface area (Å²) >= 11 is 0. The summed E-state index contributed by atoms with van der Waals surface area (Å²) in [6.07, 6.45) is 8.31. The van der Waals surface area contributed by atoms with Crippen LogP contribution in [0.4, 0.5) is 0 Å². The summed E-state index contributed by atoms with van der Waals surface area (Å²) in [7, 11) is 2.12. The molecule has 0 amide bonds. The van der Waals surface area contributed by atoms with Crippen molar-refractivity contribution in [2.75, 3.05) is 20.1 Å².